The lowest BCUT2D eigenvalue weighted by Gasteiger charge is -2.32. The molecule has 0 saturated heterocycles. The number of hydrogen-bond donors (Lipinski definition) is 1. The molecule has 0 aliphatic heterocycles. The monoisotopic (exact) mass is 521 g/mol. The molecule has 0 radical (unpaired) electrons. The summed E-state index contributed by atoms with van der Waals surface area (Å²) < 4.78 is 26.2. The van der Waals surface area contributed by atoms with Crippen LogP contribution in [0.3, 0.4) is 0 Å². The molecule has 0 aliphatic carbocycles. The molecule has 0 aliphatic rings. The van der Waals surface area contributed by atoms with Crippen LogP contribution in [0.25, 0.3) is 0 Å². The SMILES string of the molecule is CC[C@@H](C)NC(=O)[C@@H](C)N(Cc1ccc(Cl)cc1)C(=O)CN(c1cccc(C(C)=O)c1)S(C)(=O)=O. The highest BCUT2D eigenvalue weighted by Crippen LogP contribution is 2.21. The topological polar surface area (TPSA) is 104 Å². The average molecular weight is 522 g/mol. The van der Waals surface area contributed by atoms with E-state index in [-0.39, 0.29) is 30.0 Å². The highest BCUT2D eigenvalue weighted by atomic mass is 35.5. The highest BCUT2D eigenvalue weighted by molar-refractivity contribution is 7.92. The predicted molar refractivity (Wildman–Crippen MR) is 138 cm³/mol. The molecule has 2 amide bonds. The zero-order valence-electron chi connectivity index (χ0n) is 20.6. The maximum Gasteiger partial charge on any atom is 0.244 e. The van der Waals surface area contributed by atoms with E-state index in [0.717, 1.165) is 22.5 Å². The molecule has 8 nitrogen and oxygen atoms in total. The van der Waals surface area contributed by atoms with Crippen molar-refractivity contribution in [1.29, 1.82) is 0 Å². The standard InChI is InChI=1S/C25H32ClN3O5S/c1-6-17(2)27-25(32)18(3)28(15-20-10-12-22(26)13-11-20)24(31)16-29(35(5,33)34)23-9-7-8-21(14-23)19(4)30/h7-14,17-18H,6,15-16H2,1-5H3,(H,27,32)/t17-,18-/m1/s1. The molecule has 2 aromatic rings. The van der Waals surface area contributed by atoms with Crippen molar-refractivity contribution in [3.05, 3.63) is 64.7 Å². The Morgan fingerprint density at radius 1 is 1.06 bits per heavy atom. The Morgan fingerprint density at radius 2 is 1.69 bits per heavy atom. The molecule has 0 spiro atoms. The molecule has 0 fully saturated rings. The zero-order chi connectivity index (χ0) is 26.3. The molecule has 190 valence electrons. The number of carbonyl (C=O) groups is 3. The number of Topliss-reactive ketones (excluding diaryl/α,β-unsaturated/α-hetero) is 1. The maximum atomic E-state index is 13.5. The number of nitrogens with one attached hydrogen (secondary N) is 1. The minimum absolute atomic E-state index is 0.0795. The van der Waals surface area contributed by atoms with Crippen LogP contribution in [-0.2, 0) is 26.2 Å². The van der Waals surface area contributed by atoms with Crippen LogP contribution in [0.15, 0.2) is 48.5 Å². The number of benzene rings is 2. The van der Waals surface area contributed by atoms with E-state index in [9.17, 15) is 22.8 Å². The van der Waals surface area contributed by atoms with Gasteiger partial charge in [0.25, 0.3) is 0 Å². The minimum atomic E-state index is -3.88. The second-order valence-corrected chi connectivity index (χ2v) is 10.9. The van der Waals surface area contributed by atoms with Crippen molar-refractivity contribution in [1.82, 2.24) is 10.2 Å². The van der Waals surface area contributed by atoms with Gasteiger partial charge in [-0.1, -0.05) is 42.8 Å². The number of sulfonamides is 1. The van der Waals surface area contributed by atoms with Gasteiger partial charge in [-0.05, 0) is 57.0 Å². The summed E-state index contributed by atoms with van der Waals surface area (Å²) in [7, 11) is -3.88. The van der Waals surface area contributed by atoms with E-state index >= 15 is 0 Å². The summed E-state index contributed by atoms with van der Waals surface area (Å²) in [6.45, 7) is 6.33. The van der Waals surface area contributed by atoms with Gasteiger partial charge in [0.2, 0.25) is 21.8 Å². The molecular formula is C25H32ClN3O5S. The molecule has 0 saturated carbocycles. The fourth-order valence-electron chi connectivity index (χ4n) is 3.33. The van der Waals surface area contributed by atoms with E-state index < -0.39 is 28.5 Å². The van der Waals surface area contributed by atoms with Crippen LogP contribution in [0.1, 0.15) is 50.0 Å². The third kappa shape index (κ3) is 8.07. The van der Waals surface area contributed by atoms with Gasteiger partial charge in [-0.3, -0.25) is 18.7 Å². The Morgan fingerprint density at radius 3 is 2.23 bits per heavy atom. The van der Waals surface area contributed by atoms with Gasteiger partial charge in [0.15, 0.2) is 5.78 Å². The van der Waals surface area contributed by atoms with Gasteiger partial charge in [0, 0.05) is 23.2 Å². The van der Waals surface area contributed by atoms with Crippen molar-refractivity contribution < 1.29 is 22.8 Å². The first-order valence-electron chi connectivity index (χ1n) is 11.3. The lowest BCUT2D eigenvalue weighted by atomic mass is 10.1. The van der Waals surface area contributed by atoms with E-state index in [1.165, 1.54) is 24.0 Å². The van der Waals surface area contributed by atoms with Crippen molar-refractivity contribution in [3.63, 3.8) is 0 Å². The molecule has 0 unspecified atom stereocenters. The number of ketones is 1. The molecule has 2 atom stereocenters. The fraction of sp³-hybridized carbons (Fsp3) is 0.400. The number of carbonyl (C=O) groups excluding carboxylic acids is 3. The summed E-state index contributed by atoms with van der Waals surface area (Å²) in [6, 6.07) is 12.0. The fourth-order valence-corrected chi connectivity index (χ4v) is 4.30. The van der Waals surface area contributed by atoms with Crippen molar-refractivity contribution >= 4 is 44.9 Å². The lowest BCUT2D eigenvalue weighted by molar-refractivity contribution is -0.139. The number of halogens is 1. The summed E-state index contributed by atoms with van der Waals surface area (Å²) in [5.41, 5.74) is 1.25. The normalized spacial score (nSPS) is 13.0. The Labute approximate surface area is 212 Å². The van der Waals surface area contributed by atoms with Crippen molar-refractivity contribution in [3.8, 4) is 0 Å². The summed E-state index contributed by atoms with van der Waals surface area (Å²) in [4.78, 5) is 39.5. The Bertz CT molecular complexity index is 1170. The number of rotatable bonds is 11. The quantitative estimate of drug-likeness (QED) is 0.455. The van der Waals surface area contributed by atoms with Crippen LogP contribution in [0.4, 0.5) is 5.69 Å². The summed E-state index contributed by atoms with van der Waals surface area (Å²) in [5, 5.41) is 3.40. The Kier molecular flexibility index (Phi) is 9.85. The first-order valence-corrected chi connectivity index (χ1v) is 13.5. The number of amides is 2. The third-order valence-electron chi connectivity index (χ3n) is 5.65. The number of hydrogen-bond acceptors (Lipinski definition) is 5. The van der Waals surface area contributed by atoms with E-state index in [1.807, 2.05) is 13.8 Å². The van der Waals surface area contributed by atoms with Crippen LogP contribution >= 0.6 is 11.6 Å². The van der Waals surface area contributed by atoms with Crippen LogP contribution in [0.2, 0.25) is 5.02 Å². The van der Waals surface area contributed by atoms with Crippen LogP contribution in [0.5, 0.6) is 0 Å². The summed E-state index contributed by atoms with van der Waals surface area (Å²) in [6.07, 6.45) is 1.71. The van der Waals surface area contributed by atoms with E-state index in [0.29, 0.717) is 10.6 Å². The zero-order valence-corrected chi connectivity index (χ0v) is 22.2. The van der Waals surface area contributed by atoms with Crippen molar-refractivity contribution in [2.75, 3.05) is 17.1 Å². The van der Waals surface area contributed by atoms with Gasteiger partial charge in [-0.25, -0.2) is 8.42 Å². The molecular weight excluding hydrogens is 490 g/mol. The van der Waals surface area contributed by atoms with Gasteiger partial charge in [-0.2, -0.15) is 0 Å². The average Bonchev–Trinajstić information content (AvgIpc) is 2.80. The van der Waals surface area contributed by atoms with Crippen molar-refractivity contribution in [2.45, 2.75) is 52.7 Å². The summed E-state index contributed by atoms with van der Waals surface area (Å²) in [5.74, 6) is -1.14. The molecule has 0 bridgehead atoms. The van der Waals surface area contributed by atoms with E-state index in [4.69, 9.17) is 11.6 Å². The second-order valence-electron chi connectivity index (χ2n) is 8.52. The van der Waals surface area contributed by atoms with Gasteiger partial charge in [0.05, 0.1) is 11.9 Å². The molecule has 2 aromatic carbocycles. The van der Waals surface area contributed by atoms with Crippen LogP contribution in [-0.4, -0.2) is 55.8 Å². The van der Waals surface area contributed by atoms with Crippen LogP contribution < -0.4 is 9.62 Å². The van der Waals surface area contributed by atoms with E-state index in [2.05, 4.69) is 5.32 Å². The van der Waals surface area contributed by atoms with Gasteiger partial charge in [-0.15, -0.1) is 0 Å². The van der Waals surface area contributed by atoms with Gasteiger partial charge < -0.3 is 10.2 Å². The predicted octanol–water partition coefficient (Wildman–Crippen LogP) is 3.64. The number of anilines is 1. The Hall–Kier alpha value is -2.91. The molecule has 0 heterocycles. The van der Waals surface area contributed by atoms with E-state index in [1.54, 1.807) is 43.3 Å². The third-order valence-corrected chi connectivity index (χ3v) is 7.05. The second kappa shape index (κ2) is 12.2. The maximum absolute atomic E-state index is 13.5. The van der Waals surface area contributed by atoms with Gasteiger partial charge in [0.1, 0.15) is 12.6 Å². The first kappa shape index (κ1) is 28.3. The summed E-state index contributed by atoms with van der Waals surface area (Å²) >= 11 is 5.98. The minimum Gasteiger partial charge on any atom is -0.352 e. The molecule has 10 heteroatoms. The largest absolute Gasteiger partial charge is 0.352 e. The molecule has 0 aromatic heterocycles. The first-order chi connectivity index (χ1) is 16.3. The molecule has 1 N–H and O–H groups in total. The van der Waals surface area contributed by atoms with Crippen LogP contribution in [0, 0.1) is 0 Å². The smallest absolute Gasteiger partial charge is 0.244 e. The van der Waals surface area contributed by atoms with Gasteiger partial charge >= 0.3 is 0 Å². The Balaban J connectivity index is 2.41. The lowest BCUT2D eigenvalue weighted by Crippen LogP contribution is -2.52. The molecule has 2 rings (SSSR count). The van der Waals surface area contributed by atoms with Crippen molar-refractivity contribution in [2.24, 2.45) is 0 Å². The molecule has 35 heavy (non-hydrogen) atoms. The highest BCUT2D eigenvalue weighted by Gasteiger charge is 2.30. The number of nitrogens with zero attached hydrogens (tertiary/aromatic N) is 2.